The highest BCUT2D eigenvalue weighted by atomic mass is 35.5. The van der Waals surface area contributed by atoms with Crippen molar-refractivity contribution in [3.8, 4) is 0 Å². The predicted molar refractivity (Wildman–Crippen MR) is 72.4 cm³/mol. The van der Waals surface area contributed by atoms with Crippen LogP contribution in [0.4, 0.5) is 0 Å². The van der Waals surface area contributed by atoms with Crippen LogP contribution in [-0.4, -0.2) is 24.3 Å². The van der Waals surface area contributed by atoms with Gasteiger partial charge in [0.25, 0.3) is 5.56 Å². The van der Waals surface area contributed by atoms with E-state index in [-0.39, 0.29) is 16.8 Å². The lowest BCUT2D eigenvalue weighted by Crippen LogP contribution is -2.26. The van der Waals surface area contributed by atoms with Crippen molar-refractivity contribution in [3.05, 3.63) is 39.5 Å². The molecule has 0 amide bonds. The molecule has 0 N–H and O–H groups in total. The van der Waals surface area contributed by atoms with Crippen LogP contribution >= 0.6 is 11.6 Å². The molecule has 0 bridgehead atoms. The highest BCUT2D eigenvalue weighted by Gasteiger charge is 2.12. The third-order valence-electron chi connectivity index (χ3n) is 2.81. The summed E-state index contributed by atoms with van der Waals surface area (Å²) in [5.41, 5.74) is -0.171. The molecule has 6 nitrogen and oxygen atoms in total. The topological polar surface area (TPSA) is 65.6 Å². The molecule has 0 unspecified atom stereocenters. The third-order valence-corrected chi connectivity index (χ3v) is 3.00. The second-order valence-electron chi connectivity index (χ2n) is 4.49. The van der Waals surface area contributed by atoms with E-state index in [1.54, 1.807) is 9.25 Å². The standard InChI is InChI=1S/C12H16ClN5O/c1-4-10-16-9(13)5-12(19)17(10)6-11-14-7-15-18(11)8(2)3/h5,7-8H,4,6H2,1-3H3. The molecule has 0 aliphatic rings. The Morgan fingerprint density at radius 3 is 2.74 bits per heavy atom. The van der Waals surface area contributed by atoms with Crippen molar-refractivity contribution in [2.75, 3.05) is 0 Å². The molecule has 0 aliphatic carbocycles. The summed E-state index contributed by atoms with van der Waals surface area (Å²) in [6, 6.07) is 1.51. The van der Waals surface area contributed by atoms with Crippen molar-refractivity contribution in [2.24, 2.45) is 0 Å². The van der Waals surface area contributed by atoms with Crippen molar-refractivity contribution < 1.29 is 0 Å². The number of aromatic nitrogens is 5. The number of aryl methyl sites for hydroxylation is 1. The van der Waals surface area contributed by atoms with E-state index in [1.807, 2.05) is 20.8 Å². The van der Waals surface area contributed by atoms with Gasteiger partial charge >= 0.3 is 0 Å². The molecule has 0 saturated carbocycles. The maximum atomic E-state index is 12.0. The van der Waals surface area contributed by atoms with Crippen molar-refractivity contribution in [3.63, 3.8) is 0 Å². The summed E-state index contributed by atoms with van der Waals surface area (Å²) in [6.07, 6.45) is 2.13. The van der Waals surface area contributed by atoms with Gasteiger partial charge < -0.3 is 0 Å². The second-order valence-corrected chi connectivity index (χ2v) is 4.87. The largest absolute Gasteiger partial charge is 0.289 e. The summed E-state index contributed by atoms with van der Waals surface area (Å²) >= 11 is 5.81. The van der Waals surface area contributed by atoms with Gasteiger partial charge in [-0.1, -0.05) is 18.5 Å². The van der Waals surface area contributed by atoms with Gasteiger partial charge in [0.2, 0.25) is 0 Å². The van der Waals surface area contributed by atoms with Gasteiger partial charge in [0.15, 0.2) is 0 Å². The Morgan fingerprint density at radius 2 is 2.11 bits per heavy atom. The molecule has 2 aromatic rings. The number of halogens is 1. The Labute approximate surface area is 116 Å². The lowest BCUT2D eigenvalue weighted by Gasteiger charge is -2.13. The van der Waals surface area contributed by atoms with Crippen LogP contribution < -0.4 is 5.56 Å². The van der Waals surface area contributed by atoms with Crippen LogP contribution in [0.15, 0.2) is 17.2 Å². The van der Waals surface area contributed by atoms with Gasteiger partial charge in [-0.05, 0) is 13.8 Å². The minimum absolute atomic E-state index is 0.171. The third kappa shape index (κ3) is 2.84. The Hall–Kier alpha value is -1.69. The van der Waals surface area contributed by atoms with Crippen LogP contribution in [0.5, 0.6) is 0 Å². The minimum atomic E-state index is -0.171. The van der Waals surface area contributed by atoms with Crippen LogP contribution in [-0.2, 0) is 13.0 Å². The zero-order chi connectivity index (χ0) is 14.0. The smallest absolute Gasteiger partial charge is 0.255 e. The normalized spacial score (nSPS) is 11.2. The molecule has 2 rings (SSSR count). The molecule has 102 valence electrons. The summed E-state index contributed by atoms with van der Waals surface area (Å²) in [4.78, 5) is 20.4. The predicted octanol–water partition coefficient (Wildman–Crippen LogP) is 1.68. The molecular formula is C12H16ClN5O. The van der Waals surface area contributed by atoms with Gasteiger partial charge in [0, 0.05) is 18.5 Å². The van der Waals surface area contributed by atoms with Crippen LogP contribution in [0.1, 0.15) is 38.5 Å². The summed E-state index contributed by atoms with van der Waals surface area (Å²) in [5.74, 6) is 1.38. The van der Waals surface area contributed by atoms with E-state index in [2.05, 4.69) is 15.1 Å². The number of rotatable bonds is 4. The van der Waals surface area contributed by atoms with Crippen molar-refractivity contribution in [1.29, 1.82) is 0 Å². The fraction of sp³-hybridized carbons (Fsp3) is 0.500. The van der Waals surface area contributed by atoms with Crippen LogP contribution in [0, 0.1) is 0 Å². The Bertz CT molecular complexity index is 631. The molecule has 2 aromatic heterocycles. The quantitative estimate of drug-likeness (QED) is 0.800. The van der Waals surface area contributed by atoms with Crippen molar-refractivity contribution in [2.45, 2.75) is 39.8 Å². The Morgan fingerprint density at radius 1 is 1.37 bits per heavy atom. The molecular weight excluding hydrogens is 266 g/mol. The molecule has 0 radical (unpaired) electrons. The SMILES string of the molecule is CCc1nc(Cl)cc(=O)n1Cc1ncnn1C(C)C. The summed E-state index contributed by atoms with van der Waals surface area (Å²) in [5, 5.41) is 4.38. The van der Waals surface area contributed by atoms with Crippen LogP contribution in [0.25, 0.3) is 0 Å². The second kappa shape index (κ2) is 5.52. The molecule has 0 saturated heterocycles. The average Bonchev–Trinajstić information content (AvgIpc) is 2.80. The first kappa shape index (κ1) is 13.7. The zero-order valence-corrected chi connectivity index (χ0v) is 11.9. The summed E-state index contributed by atoms with van der Waals surface area (Å²) in [7, 11) is 0. The molecule has 7 heteroatoms. The highest BCUT2D eigenvalue weighted by Crippen LogP contribution is 2.09. The number of nitrogens with zero attached hydrogens (tertiary/aromatic N) is 5. The van der Waals surface area contributed by atoms with Gasteiger partial charge in [-0.2, -0.15) is 5.10 Å². The van der Waals surface area contributed by atoms with Crippen LogP contribution in [0.2, 0.25) is 5.15 Å². The zero-order valence-electron chi connectivity index (χ0n) is 11.2. The fourth-order valence-electron chi connectivity index (χ4n) is 1.92. The lowest BCUT2D eigenvalue weighted by molar-refractivity contribution is 0.489. The maximum absolute atomic E-state index is 12.0. The first-order valence-electron chi connectivity index (χ1n) is 6.17. The summed E-state index contributed by atoms with van der Waals surface area (Å²) in [6.45, 7) is 6.32. The van der Waals surface area contributed by atoms with Gasteiger partial charge in [-0.3, -0.25) is 9.36 Å². The van der Waals surface area contributed by atoms with E-state index in [0.717, 1.165) is 5.82 Å². The van der Waals surface area contributed by atoms with E-state index in [4.69, 9.17) is 11.6 Å². The Kier molecular flexibility index (Phi) is 3.99. The molecule has 0 atom stereocenters. The molecule has 2 heterocycles. The van der Waals surface area contributed by atoms with E-state index in [1.165, 1.54) is 12.4 Å². The first-order chi connectivity index (χ1) is 9.02. The molecule has 19 heavy (non-hydrogen) atoms. The van der Waals surface area contributed by atoms with Gasteiger partial charge in [-0.15, -0.1) is 0 Å². The van der Waals surface area contributed by atoms with E-state index >= 15 is 0 Å². The molecule has 0 aromatic carbocycles. The molecule has 0 fully saturated rings. The van der Waals surface area contributed by atoms with Gasteiger partial charge in [0.05, 0.1) is 6.54 Å². The summed E-state index contributed by atoms with van der Waals surface area (Å²) < 4.78 is 3.37. The maximum Gasteiger partial charge on any atom is 0.255 e. The van der Waals surface area contributed by atoms with E-state index in [0.29, 0.717) is 18.8 Å². The number of hydrogen-bond acceptors (Lipinski definition) is 4. The minimum Gasteiger partial charge on any atom is -0.289 e. The highest BCUT2D eigenvalue weighted by molar-refractivity contribution is 6.29. The molecule has 0 spiro atoms. The fourth-order valence-corrected chi connectivity index (χ4v) is 2.11. The van der Waals surface area contributed by atoms with Crippen LogP contribution in [0.3, 0.4) is 0 Å². The first-order valence-corrected chi connectivity index (χ1v) is 6.55. The van der Waals surface area contributed by atoms with Crippen molar-refractivity contribution >= 4 is 11.6 Å². The van der Waals surface area contributed by atoms with E-state index in [9.17, 15) is 4.79 Å². The van der Waals surface area contributed by atoms with Gasteiger partial charge in [-0.25, -0.2) is 14.6 Å². The lowest BCUT2D eigenvalue weighted by atomic mass is 10.3. The number of hydrogen-bond donors (Lipinski definition) is 0. The van der Waals surface area contributed by atoms with Crippen molar-refractivity contribution in [1.82, 2.24) is 24.3 Å². The molecule has 0 aliphatic heterocycles. The van der Waals surface area contributed by atoms with Gasteiger partial charge in [0.1, 0.15) is 23.1 Å². The Balaban J connectivity index is 2.43. The van der Waals surface area contributed by atoms with E-state index < -0.39 is 0 Å². The monoisotopic (exact) mass is 281 g/mol. The average molecular weight is 282 g/mol.